The molecule has 84 valence electrons. The maximum absolute atomic E-state index is 6.13. The van der Waals surface area contributed by atoms with Gasteiger partial charge in [0.2, 0.25) is 0 Å². The molecule has 0 radical (unpaired) electrons. The second-order valence-electron chi connectivity index (χ2n) is 4.12. The van der Waals surface area contributed by atoms with E-state index in [1.165, 1.54) is 22.3 Å². The van der Waals surface area contributed by atoms with Crippen molar-refractivity contribution >= 4 is 12.4 Å². The molecule has 0 aliphatic carbocycles. The SMILES string of the molecule is Cc1ccc2c(c1C)[C@H](N)[C@H](C)OC2.Cl. The molecule has 0 amide bonds. The largest absolute Gasteiger partial charge is 0.372 e. The van der Waals surface area contributed by atoms with Crippen molar-refractivity contribution in [1.82, 2.24) is 0 Å². The normalized spacial score (nSPS) is 24.3. The summed E-state index contributed by atoms with van der Waals surface area (Å²) in [6.07, 6.45) is 0.128. The smallest absolute Gasteiger partial charge is 0.0744 e. The maximum atomic E-state index is 6.13. The first-order valence-corrected chi connectivity index (χ1v) is 5.07. The van der Waals surface area contributed by atoms with Gasteiger partial charge in [-0.05, 0) is 43.0 Å². The molecule has 0 fully saturated rings. The first-order valence-electron chi connectivity index (χ1n) is 5.07. The molecule has 2 N–H and O–H groups in total. The zero-order chi connectivity index (χ0) is 10.3. The van der Waals surface area contributed by atoms with Crippen molar-refractivity contribution in [1.29, 1.82) is 0 Å². The third-order valence-electron chi connectivity index (χ3n) is 3.22. The summed E-state index contributed by atoms with van der Waals surface area (Å²) < 4.78 is 5.59. The molecule has 15 heavy (non-hydrogen) atoms. The average molecular weight is 228 g/mol. The van der Waals surface area contributed by atoms with Crippen LogP contribution in [0.5, 0.6) is 0 Å². The fourth-order valence-corrected chi connectivity index (χ4v) is 2.04. The Labute approximate surface area is 97.2 Å². The first-order chi connectivity index (χ1) is 6.61. The molecule has 0 unspecified atom stereocenters. The second-order valence-corrected chi connectivity index (χ2v) is 4.12. The van der Waals surface area contributed by atoms with Crippen molar-refractivity contribution in [3.8, 4) is 0 Å². The van der Waals surface area contributed by atoms with E-state index in [1.54, 1.807) is 0 Å². The lowest BCUT2D eigenvalue weighted by Crippen LogP contribution is -2.32. The van der Waals surface area contributed by atoms with Gasteiger partial charge in [-0.3, -0.25) is 0 Å². The lowest BCUT2D eigenvalue weighted by Gasteiger charge is -2.30. The molecule has 1 heterocycles. The summed E-state index contributed by atoms with van der Waals surface area (Å²) in [5, 5.41) is 0. The number of ether oxygens (including phenoxy) is 1. The number of aryl methyl sites for hydroxylation is 1. The minimum absolute atomic E-state index is 0. The lowest BCUT2D eigenvalue weighted by atomic mass is 9.89. The highest BCUT2D eigenvalue weighted by Gasteiger charge is 2.25. The highest BCUT2D eigenvalue weighted by Crippen LogP contribution is 2.31. The predicted molar refractivity (Wildman–Crippen MR) is 64.3 cm³/mol. The van der Waals surface area contributed by atoms with Gasteiger partial charge in [-0.1, -0.05) is 12.1 Å². The topological polar surface area (TPSA) is 35.2 Å². The third-order valence-corrected chi connectivity index (χ3v) is 3.22. The van der Waals surface area contributed by atoms with Gasteiger partial charge in [-0.2, -0.15) is 0 Å². The quantitative estimate of drug-likeness (QED) is 0.740. The van der Waals surface area contributed by atoms with Gasteiger partial charge in [0, 0.05) is 0 Å². The highest BCUT2D eigenvalue weighted by atomic mass is 35.5. The zero-order valence-electron chi connectivity index (χ0n) is 9.41. The Morgan fingerprint density at radius 3 is 2.67 bits per heavy atom. The van der Waals surface area contributed by atoms with Gasteiger partial charge in [0.15, 0.2) is 0 Å². The van der Waals surface area contributed by atoms with Crippen molar-refractivity contribution < 1.29 is 4.74 Å². The molecule has 1 aliphatic heterocycles. The Bertz CT molecular complexity index is 365. The van der Waals surface area contributed by atoms with Crippen LogP contribution in [-0.4, -0.2) is 6.10 Å². The summed E-state index contributed by atoms with van der Waals surface area (Å²) in [5.74, 6) is 0. The van der Waals surface area contributed by atoms with Crippen molar-refractivity contribution in [2.45, 2.75) is 39.5 Å². The monoisotopic (exact) mass is 227 g/mol. The van der Waals surface area contributed by atoms with Gasteiger partial charge < -0.3 is 10.5 Å². The molecule has 0 spiro atoms. The molecule has 0 aromatic heterocycles. The molecular weight excluding hydrogens is 210 g/mol. The van der Waals surface area contributed by atoms with Gasteiger partial charge in [-0.25, -0.2) is 0 Å². The summed E-state index contributed by atoms with van der Waals surface area (Å²) >= 11 is 0. The van der Waals surface area contributed by atoms with Crippen LogP contribution in [0.4, 0.5) is 0 Å². The first kappa shape index (κ1) is 12.5. The Morgan fingerprint density at radius 2 is 2.00 bits per heavy atom. The Hall–Kier alpha value is -0.570. The van der Waals surface area contributed by atoms with Crippen LogP contribution in [-0.2, 0) is 11.3 Å². The van der Waals surface area contributed by atoms with E-state index in [2.05, 4.69) is 26.0 Å². The van der Waals surface area contributed by atoms with E-state index in [0.29, 0.717) is 6.61 Å². The van der Waals surface area contributed by atoms with Gasteiger partial charge in [0.25, 0.3) is 0 Å². The van der Waals surface area contributed by atoms with Gasteiger partial charge in [0.05, 0.1) is 18.8 Å². The van der Waals surface area contributed by atoms with Crippen LogP contribution in [0.3, 0.4) is 0 Å². The fraction of sp³-hybridized carbons (Fsp3) is 0.500. The van der Waals surface area contributed by atoms with Crippen molar-refractivity contribution in [2.75, 3.05) is 0 Å². The standard InChI is InChI=1S/C12H17NO.ClH/c1-7-4-5-10-6-14-9(3)12(13)11(10)8(7)2;/h4-5,9,12H,6,13H2,1-3H3;1H/t9-,12+;/m0./s1. The molecule has 1 aliphatic rings. The Kier molecular flexibility index (Phi) is 3.77. The van der Waals surface area contributed by atoms with Crippen LogP contribution in [0.15, 0.2) is 12.1 Å². The van der Waals surface area contributed by atoms with Crippen LogP contribution < -0.4 is 5.73 Å². The molecular formula is C12H18ClNO. The predicted octanol–water partition coefficient (Wildman–Crippen LogP) is 2.64. The van der Waals surface area contributed by atoms with Gasteiger partial charge in [0.1, 0.15) is 0 Å². The van der Waals surface area contributed by atoms with Crippen LogP contribution in [0.1, 0.15) is 35.2 Å². The molecule has 0 saturated carbocycles. The Balaban J connectivity index is 0.00000112. The molecule has 2 nitrogen and oxygen atoms in total. The third kappa shape index (κ3) is 2.03. The van der Waals surface area contributed by atoms with E-state index in [1.807, 2.05) is 6.92 Å². The molecule has 1 aromatic carbocycles. The van der Waals surface area contributed by atoms with Crippen LogP contribution in [0.25, 0.3) is 0 Å². The molecule has 2 atom stereocenters. The zero-order valence-corrected chi connectivity index (χ0v) is 10.2. The summed E-state index contributed by atoms with van der Waals surface area (Å²) in [7, 11) is 0. The molecule has 1 aromatic rings. The molecule has 0 saturated heterocycles. The number of benzene rings is 1. The van der Waals surface area contributed by atoms with Gasteiger partial charge >= 0.3 is 0 Å². The summed E-state index contributed by atoms with van der Waals surface area (Å²) in [6.45, 7) is 7.01. The molecule has 0 bridgehead atoms. The number of halogens is 1. The molecule has 2 rings (SSSR count). The Morgan fingerprint density at radius 1 is 1.33 bits per heavy atom. The van der Waals surface area contributed by atoms with Crippen molar-refractivity contribution in [3.05, 3.63) is 34.4 Å². The lowest BCUT2D eigenvalue weighted by molar-refractivity contribution is 0.0211. The van der Waals surface area contributed by atoms with Crippen molar-refractivity contribution in [2.24, 2.45) is 5.73 Å². The van der Waals surface area contributed by atoms with Crippen LogP contribution >= 0.6 is 12.4 Å². The van der Waals surface area contributed by atoms with E-state index < -0.39 is 0 Å². The number of hydrogen-bond donors (Lipinski definition) is 1. The maximum Gasteiger partial charge on any atom is 0.0744 e. The summed E-state index contributed by atoms with van der Waals surface area (Å²) in [6, 6.07) is 4.29. The minimum Gasteiger partial charge on any atom is -0.372 e. The van der Waals surface area contributed by atoms with E-state index in [4.69, 9.17) is 10.5 Å². The van der Waals surface area contributed by atoms with E-state index in [9.17, 15) is 0 Å². The molecule has 3 heteroatoms. The van der Waals surface area contributed by atoms with Gasteiger partial charge in [-0.15, -0.1) is 12.4 Å². The fourth-order valence-electron chi connectivity index (χ4n) is 2.04. The number of fused-ring (bicyclic) bond motifs is 1. The van der Waals surface area contributed by atoms with Crippen LogP contribution in [0.2, 0.25) is 0 Å². The highest BCUT2D eigenvalue weighted by molar-refractivity contribution is 5.85. The number of hydrogen-bond acceptors (Lipinski definition) is 2. The summed E-state index contributed by atoms with van der Waals surface area (Å²) in [4.78, 5) is 0. The average Bonchev–Trinajstić information content (AvgIpc) is 2.17. The second kappa shape index (κ2) is 4.52. The van der Waals surface area contributed by atoms with E-state index >= 15 is 0 Å². The van der Waals surface area contributed by atoms with E-state index in [0.717, 1.165) is 0 Å². The number of nitrogens with two attached hydrogens (primary N) is 1. The van der Waals surface area contributed by atoms with Crippen LogP contribution in [0, 0.1) is 13.8 Å². The minimum atomic E-state index is 0. The van der Waals surface area contributed by atoms with E-state index in [-0.39, 0.29) is 24.6 Å². The number of rotatable bonds is 0. The van der Waals surface area contributed by atoms with Crippen molar-refractivity contribution in [3.63, 3.8) is 0 Å². The summed E-state index contributed by atoms with van der Waals surface area (Å²) in [5.41, 5.74) is 11.3.